The van der Waals surface area contributed by atoms with Crippen LogP contribution in [0.4, 0.5) is 0 Å². The number of aromatic nitrogens is 1. The Hall–Kier alpha value is -2.54. The predicted octanol–water partition coefficient (Wildman–Crippen LogP) is 1.64. The van der Waals surface area contributed by atoms with Gasteiger partial charge in [0.2, 0.25) is 0 Å². The third-order valence-corrected chi connectivity index (χ3v) is 4.69. The number of hydrogen-bond donors (Lipinski definition) is 1. The molecule has 1 amide bonds. The zero-order valence-corrected chi connectivity index (χ0v) is 12.7. The van der Waals surface area contributed by atoms with Crippen molar-refractivity contribution in [3.63, 3.8) is 0 Å². The van der Waals surface area contributed by atoms with Crippen molar-refractivity contribution in [3.8, 4) is 0 Å². The van der Waals surface area contributed by atoms with Gasteiger partial charge >= 0.3 is 0 Å². The minimum absolute atomic E-state index is 0.0580. The van der Waals surface area contributed by atoms with Crippen LogP contribution in [0.5, 0.6) is 0 Å². The first-order chi connectivity index (χ1) is 10.5. The number of carbonyl (C=O) groups is 1. The van der Waals surface area contributed by atoms with Crippen molar-refractivity contribution in [1.29, 1.82) is 0 Å². The Labute approximate surface area is 128 Å². The first-order valence-corrected chi connectivity index (χ1v) is 8.24. The summed E-state index contributed by atoms with van der Waals surface area (Å²) in [5, 5.41) is 3.84. The lowest BCUT2D eigenvalue weighted by molar-refractivity contribution is 0.0955. The van der Waals surface area contributed by atoms with Gasteiger partial charge in [0.25, 0.3) is 5.91 Å². The molecule has 0 aliphatic rings. The lowest BCUT2D eigenvalue weighted by atomic mass is 10.2. The Morgan fingerprint density at radius 2 is 1.82 bits per heavy atom. The third kappa shape index (κ3) is 3.98. The Morgan fingerprint density at radius 3 is 2.41 bits per heavy atom. The molecule has 2 rings (SSSR count). The lowest BCUT2D eigenvalue weighted by Crippen LogP contribution is -2.17. The number of rotatable bonds is 5. The number of sulfone groups is 1. The maximum atomic E-state index is 11.7. The van der Waals surface area contributed by atoms with E-state index in [1.807, 2.05) is 0 Å². The molecule has 6 nitrogen and oxygen atoms in total. The van der Waals surface area contributed by atoms with Crippen molar-refractivity contribution < 1.29 is 13.2 Å². The Morgan fingerprint density at radius 1 is 1.18 bits per heavy atom. The Balaban J connectivity index is 2.01. The van der Waals surface area contributed by atoms with Gasteiger partial charge in [-0.2, -0.15) is 5.10 Å². The highest BCUT2D eigenvalue weighted by atomic mass is 32.2. The molecule has 1 aromatic heterocycles. The molecule has 0 atom stereocenters. The Bertz CT molecular complexity index is 769. The van der Waals surface area contributed by atoms with Crippen LogP contribution in [0.3, 0.4) is 0 Å². The third-order valence-electron chi connectivity index (χ3n) is 2.94. The summed E-state index contributed by atoms with van der Waals surface area (Å²) in [6.07, 6.45) is 4.48. The molecule has 0 aliphatic heterocycles. The summed E-state index contributed by atoms with van der Waals surface area (Å²) in [5.41, 5.74) is 3.53. The van der Waals surface area contributed by atoms with Crippen LogP contribution in [-0.2, 0) is 9.84 Å². The highest BCUT2D eigenvalue weighted by Crippen LogP contribution is 2.11. The number of pyridine rings is 1. The number of amides is 1. The summed E-state index contributed by atoms with van der Waals surface area (Å²) in [6, 6.07) is 9.45. The molecule has 22 heavy (non-hydrogen) atoms. The molecule has 114 valence electrons. The molecule has 1 heterocycles. The fourth-order valence-corrected chi connectivity index (χ4v) is 2.55. The van der Waals surface area contributed by atoms with Crippen molar-refractivity contribution in [1.82, 2.24) is 10.4 Å². The van der Waals surface area contributed by atoms with E-state index in [0.717, 1.165) is 0 Å². The highest BCUT2D eigenvalue weighted by molar-refractivity contribution is 7.91. The normalized spacial score (nSPS) is 11.5. The van der Waals surface area contributed by atoms with E-state index < -0.39 is 9.84 Å². The molecule has 0 fully saturated rings. The van der Waals surface area contributed by atoms with E-state index in [4.69, 9.17) is 0 Å². The number of nitrogens with zero attached hydrogens (tertiary/aromatic N) is 2. The van der Waals surface area contributed by atoms with Crippen molar-refractivity contribution in [2.75, 3.05) is 5.75 Å². The second-order valence-electron chi connectivity index (χ2n) is 4.41. The van der Waals surface area contributed by atoms with Gasteiger partial charge in [0.05, 0.1) is 16.9 Å². The van der Waals surface area contributed by atoms with Gasteiger partial charge in [-0.25, -0.2) is 13.8 Å². The summed E-state index contributed by atoms with van der Waals surface area (Å²) >= 11 is 0. The maximum Gasteiger partial charge on any atom is 0.271 e. The highest BCUT2D eigenvalue weighted by Gasteiger charge is 2.10. The van der Waals surface area contributed by atoms with Gasteiger partial charge in [-0.05, 0) is 29.8 Å². The molecule has 0 aliphatic carbocycles. The molecule has 2 aromatic rings. The van der Waals surface area contributed by atoms with Crippen LogP contribution >= 0.6 is 0 Å². The summed E-state index contributed by atoms with van der Waals surface area (Å²) < 4.78 is 23.4. The van der Waals surface area contributed by atoms with Crippen LogP contribution in [0.2, 0.25) is 0 Å². The average molecular weight is 317 g/mol. The first-order valence-electron chi connectivity index (χ1n) is 6.59. The van der Waals surface area contributed by atoms with Gasteiger partial charge in [-0.1, -0.05) is 19.1 Å². The zero-order valence-electron chi connectivity index (χ0n) is 11.9. The van der Waals surface area contributed by atoms with Crippen LogP contribution in [0.25, 0.3) is 0 Å². The molecular weight excluding hydrogens is 302 g/mol. The quantitative estimate of drug-likeness (QED) is 0.670. The van der Waals surface area contributed by atoms with Crippen LogP contribution in [0.15, 0.2) is 58.8 Å². The number of carbonyl (C=O) groups excluding carboxylic acids is 1. The van der Waals surface area contributed by atoms with E-state index >= 15 is 0 Å². The SMILES string of the molecule is CCS(=O)(=O)c1ccc(/C=N/NC(=O)c2ccncc2)cc1. The minimum atomic E-state index is -3.21. The molecule has 1 N–H and O–H groups in total. The van der Waals surface area contributed by atoms with Crippen molar-refractivity contribution in [3.05, 3.63) is 59.9 Å². The molecule has 0 bridgehead atoms. The predicted molar refractivity (Wildman–Crippen MR) is 83.5 cm³/mol. The topological polar surface area (TPSA) is 88.5 Å². The van der Waals surface area contributed by atoms with Gasteiger partial charge in [0, 0.05) is 18.0 Å². The monoisotopic (exact) mass is 317 g/mol. The van der Waals surface area contributed by atoms with E-state index in [1.54, 1.807) is 31.2 Å². The van der Waals surface area contributed by atoms with Gasteiger partial charge in [0.1, 0.15) is 0 Å². The smallest absolute Gasteiger partial charge is 0.267 e. The number of benzene rings is 1. The minimum Gasteiger partial charge on any atom is -0.267 e. The summed E-state index contributed by atoms with van der Waals surface area (Å²) in [5.74, 6) is -0.286. The molecule has 0 radical (unpaired) electrons. The largest absolute Gasteiger partial charge is 0.271 e. The molecule has 1 aromatic carbocycles. The van der Waals surface area contributed by atoms with Crippen molar-refractivity contribution in [2.24, 2.45) is 5.10 Å². The summed E-state index contributed by atoms with van der Waals surface area (Å²) in [6.45, 7) is 1.60. The number of hydrazone groups is 1. The van der Waals surface area contributed by atoms with E-state index in [1.165, 1.54) is 30.7 Å². The van der Waals surface area contributed by atoms with E-state index in [0.29, 0.717) is 11.1 Å². The van der Waals surface area contributed by atoms with Crippen LogP contribution in [0, 0.1) is 0 Å². The van der Waals surface area contributed by atoms with Gasteiger partial charge in [-0.15, -0.1) is 0 Å². The molecule has 0 spiro atoms. The standard InChI is InChI=1S/C15H15N3O3S/c1-2-22(20,21)14-5-3-12(4-6-14)11-17-18-15(19)13-7-9-16-10-8-13/h3-11H,2H2,1H3,(H,18,19)/b17-11+. The Kier molecular flexibility index (Phi) is 5.00. The van der Waals surface area contributed by atoms with Crippen LogP contribution < -0.4 is 5.43 Å². The summed E-state index contributed by atoms with van der Waals surface area (Å²) in [4.78, 5) is 15.8. The second-order valence-corrected chi connectivity index (χ2v) is 6.69. The van der Waals surface area contributed by atoms with Gasteiger partial charge in [-0.3, -0.25) is 9.78 Å². The van der Waals surface area contributed by atoms with E-state index in [9.17, 15) is 13.2 Å². The van der Waals surface area contributed by atoms with Crippen molar-refractivity contribution >= 4 is 22.0 Å². The first kappa shape index (κ1) is 15.8. The van der Waals surface area contributed by atoms with Gasteiger partial charge in [0.15, 0.2) is 9.84 Å². The van der Waals surface area contributed by atoms with Crippen molar-refractivity contribution in [2.45, 2.75) is 11.8 Å². The maximum absolute atomic E-state index is 11.7. The van der Waals surface area contributed by atoms with E-state index in [-0.39, 0.29) is 16.6 Å². The average Bonchev–Trinajstić information content (AvgIpc) is 2.56. The number of nitrogens with one attached hydrogen (secondary N) is 1. The fraction of sp³-hybridized carbons (Fsp3) is 0.133. The zero-order chi connectivity index (χ0) is 16.0. The van der Waals surface area contributed by atoms with Gasteiger partial charge < -0.3 is 0 Å². The number of hydrogen-bond acceptors (Lipinski definition) is 5. The fourth-order valence-electron chi connectivity index (χ4n) is 1.66. The molecule has 0 unspecified atom stereocenters. The summed E-state index contributed by atoms with van der Waals surface area (Å²) in [7, 11) is -3.21. The molecule has 0 saturated carbocycles. The molecular formula is C15H15N3O3S. The van der Waals surface area contributed by atoms with Crippen LogP contribution in [-0.4, -0.2) is 31.3 Å². The molecule has 7 heteroatoms. The second kappa shape index (κ2) is 6.95. The van der Waals surface area contributed by atoms with Crippen LogP contribution in [0.1, 0.15) is 22.8 Å². The molecule has 0 saturated heterocycles. The van der Waals surface area contributed by atoms with E-state index in [2.05, 4.69) is 15.5 Å². The lowest BCUT2D eigenvalue weighted by Gasteiger charge is -2.01.